The summed E-state index contributed by atoms with van der Waals surface area (Å²) in [7, 11) is 1.22. The molecule has 3 aromatic rings. The molecule has 13 heteroatoms. The van der Waals surface area contributed by atoms with Crippen LogP contribution in [0.5, 0.6) is 0 Å². The van der Waals surface area contributed by atoms with Gasteiger partial charge in [0.1, 0.15) is 30.9 Å². The molecule has 0 bridgehead atoms. The summed E-state index contributed by atoms with van der Waals surface area (Å²) in [5.41, 5.74) is 4.09. The molecule has 3 atom stereocenters. The average molecular weight is 758 g/mol. The van der Waals surface area contributed by atoms with Crippen molar-refractivity contribution in [1.82, 2.24) is 15.5 Å². The van der Waals surface area contributed by atoms with Crippen LogP contribution in [0.15, 0.2) is 91.5 Å². The summed E-state index contributed by atoms with van der Waals surface area (Å²) in [6, 6.07) is 22.5. The zero-order chi connectivity index (χ0) is 40.0. The van der Waals surface area contributed by atoms with Gasteiger partial charge in [0.25, 0.3) is 0 Å². The third-order valence-electron chi connectivity index (χ3n) is 9.18. The first-order chi connectivity index (χ1) is 26.3. The monoisotopic (exact) mass is 757 g/mol. The molecular formula is C42H51N3O10. The number of carboxylic acid groups (broad SMARTS) is 1. The largest absolute Gasteiger partial charge is 0.480 e. The lowest BCUT2D eigenvalue weighted by atomic mass is 9.95. The molecule has 0 saturated heterocycles. The molecule has 0 radical (unpaired) electrons. The Morgan fingerprint density at radius 1 is 0.855 bits per heavy atom. The highest BCUT2D eigenvalue weighted by Gasteiger charge is 2.36. The Labute approximate surface area is 322 Å². The highest BCUT2D eigenvalue weighted by Crippen LogP contribution is 2.44. The number of carbonyl (C=O) groups is 5. The number of carbonyl (C=O) groups excluding carboxylic acids is 4. The van der Waals surface area contributed by atoms with E-state index in [0.717, 1.165) is 27.8 Å². The fraction of sp³-hybridized carbons (Fsp3) is 0.405. The van der Waals surface area contributed by atoms with Crippen molar-refractivity contribution in [2.75, 3.05) is 26.8 Å². The van der Waals surface area contributed by atoms with Gasteiger partial charge in [-0.2, -0.15) is 0 Å². The molecule has 3 amide bonds. The first kappa shape index (κ1) is 41.9. The number of methoxy groups -OCH3 is 1. The van der Waals surface area contributed by atoms with Crippen LogP contribution < -0.4 is 10.6 Å². The van der Waals surface area contributed by atoms with E-state index in [4.69, 9.17) is 18.9 Å². The summed E-state index contributed by atoms with van der Waals surface area (Å²) in [5.74, 6) is -3.15. The van der Waals surface area contributed by atoms with Crippen LogP contribution in [0.25, 0.3) is 11.1 Å². The van der Waals surface area contributed by atoms with Gasteiger partial charge in [0, 0.05) is 24.9 Å². The summed E-state index contributed by atoms with van der Waals surface area (Å²) in [6.07, 6.45) is 0.0495. The number of amides is 3. The maximum Gasteiger partial charge on any atom is 0.410 e. The number of nitrogens with zero attached hydrogens (tertiary/aromatic N) is 1. The molecular weight excluding hydrogens is 706 g/mol. The van der Waals surface area contributed by atoms with E-state index in [2.05, 4.69) is 17.2 Å². The van der Waals surface area contributed by atoms with Gasteiger partial charge in [-0.25, -0.2) is 24.0 Å². The Morgan fingerprint density at radius 2 is 1.47 bits per heavy atom. The number of nitrogens with one attached hydrogen (secondary N) is 2. The highest BCUT2D eigenvalue weighted by molar-refractivity contribution is 5.83. The van der Waals surface area contributed by atoms with Crippen LogP contribution in [0, 0.1) is 5.92 Å². The average Bonchev–Trinajstić information content (AvgIpc) is 3.48. The predicted molar refractivity (Wildman–Crippen MR) is 205 cm³/mol. The Morgan fingerprint density at radius 3 is 2.05 bits per heavy atom. The molecule has 0 aliphatic heterocycles. The summed E-state index contributed by atoms with van der Waals surface area (Å²) in [5, 5.41) is 15.1. The normalized spacial score (nSPS) is 13.5. The van der Waals surface area contributed by atoms with Crippen molar-refractivity contribution >= 4 is 30.2 Å². The van der Waals surface area contributed by atoms with Gasteiger partial charge in [0.05, 0.1) is 7.11 Å². The summed E-state index contributed by atoms with van der Waals surface area (Å²) < 4.78 is 21.6. The standard InChI is InChI=1S/C42H51N3O10/c1-6-29(36(37(46)47)44-40(50)55-42(2,3)4)23-25-45(41(51)54-27-34-32-20-12-10-18-30(32)31-19-11-13-21-33(31)34)35(38(48)52-5)22-14-15-24-43-39(49)53-26-28-16-8-7-9-17-28/h6-13,16-21,29,34-36H,1,14-15,22-27H2,2-5H3,(H,43,49)(H,44,50)(H,46,47)/t29-,35-,36-/m0/s1. The molecule has 0 heterocycles. The molecule has 0 fully saturated rings. The number of aliphatic carboxylic acids is 1. The van der Waals surface area contributed by atoms with Gasteiger partial charge in [-0.15, -0.1) is 6.58 Å². The van der Waals surface area contributed by atoms with Crippen LogP contribution in [0.1, 0.15) is 69.1 Å². The molecule has 0 aromatic heterocycles. The fourth-order valence-corrected chi connectivity index (χ4v) is 6.51. The zero-order valence-electron chi connectivity index (χ0n) is 31.8. The van der Waals surface area contributed by atoms with Crippen molar-refractivity contribution in [1.29, 1.82) is 0 Å². The highest BCUT2D eigenvalue weighted by atomic mass is 16.6. The summed E-state index contributed by atoms with van der Waals surface area (Å²) >= 11 is 0. The number of hydrogen-bond acceptors (Lipinski definition) is 9. The van der Waals surface area contributed by atoms with Crippen LogP contribution in [-0.2, 0) is 35.1 Å². The second-order valence-electron chi connectivity index (χ2n) is 14.2. The van der Waals surface area contributed by atoms with E-state index in [1.165, 1.54) is 18.1 Å². The zero-order valence-corrected chi connectivity index (χ0v) is 31.8. The van der Waals surface area contributed by atoms with Crippen molar-refractivity contribution in [2.24, 2.45) is 5.92 Å². The smallest absolute Gasteiger partial charge is 0.410 e. The second kappa shape index (κ2) is 20.0. The number of esters is 1. The minimum Gasteiger partial charge on any atom is -0.480 e. The SMILES string of the molecule is C=C[C@@H](CCN(C(=O)OCC1c2ccccc2-c2ccccc21)[C@@H](CCCCNC(=O)OCc1ccccc1)C(=O)OC)[C@H](NC(=O)OC(C)(C)C)C(=O)O. The number of carboxylic acids is 1. The molecule has 3 N–H and O–H groups in total. The van der Waals surface area contributed by atoms with E-state index in [0.29, 0.717) is 12.8 Å². The predicted octanol–water partition coefficient (Wildman–Crippen LogP) is 7.05. The summed E-state index contributed by atoms with van der Waals surface area (Å²) in [6.45, 7) is 8.95. The Hall–Kier alpha value is -5.85. The van der Waals surface area contributed by atoms with Gasteiger partial charge in [0.2, 0.25) is 0 Å². The van der Waals surface area contributed by atoms with Crippen LogP contribution in [0.3, 0.4) is 0 Å². The van der Waals surface area contributed by atoms with E-state index in [1.807, 2.05) is 78.9 Å². The van der Waals surface area contributed by atoms with Crippen molar-refractivity contribution in [3.63, 3.8) is 0 Å². The molecule has 55 heavy (non-hydrogen) atoms. The van der Waals surface area contributed by atoms with Crippen LogP contribution >= 0.6 is 0 Å². The maximum absolute atomic E-state index is 14.1. The second-order valence-corrected chi connectivity index (χ2v) is 14.2. The van der Waals surface area contributed by atoms with E-state index in [-0.39, 0.29) is 45.1 Å². The van der Waals surface area contributed by atoms with Crippen molar-refractivity contribution < 1.29 is 48.0 Å². The summed E-state index contributed by atoms with van der Waals surface area (Å²) in [4.78, 5) is 65.8. The lowest BCUT2D eigenvalue weighted by molar-refractivity contribution is -0.147. The lowest BCUT2D eigenvalue weighted by Crippen LogP contribution is -2.50. The topological polar surface area (TPSA) is 170 Å². The lowest BCUT2D eigenvalue weighted by Gasteiger charge is -2.32. The van der Waals surface area contributed by atoms with Crippen LogP contribution in [-0.4, -0.2) is 84.7 Å². The number of fused-ring (bicyclic) bond motifs is 3. The Kier molecular flexibility index (Phi) is 15.2. The molecule has 4 rings (SSSR count). The van der Waals surface area contributed by atoms with Gasteiger partial charge in [0.15, 0.2) is 0 Å². The first-order valence-corrected chi connectivity index (χ1v) is 18.3. The molecule has 1 aliphatic carbocycles. The van der Waals surface area contributed by atoms with E-state index < -0.39 is 53.8 Å². The molecule has 1 aliphatic rings. The van der Waals surface area contributed by atoms with Gasteiger partial charge < -0.3 is 34.7 Å². The Bertz CT molecular complexity index is 1750. The van der Waals surface area contributed by atoms with E-state index in [1.54, 1.807) is 20.8 Å². The fourth-order valence-electron chi connectivity index (χ4n) is 6.51. The molecule has 0 spiro atoms. The number of rotatable bonds is 18. The quantitative estimate of drug-likeness (QED) is 0.0529. The number of benzene rings is 3. The molecule has 3 aromatic carbocycles. The maximum atomic E-state index is 14.1. The molecule has 0 saturated carbocycles. The third-order valence-corrected chi connectivity index (χ3v) is 9.18. The van der Waals surface area contributed by atoms with Gasteiger partial charge in [-0.05, 0) is 74.3 Å². The number of alkyl carbamates (subject to hydrolysis) is 2. The number of hydrogen-bond donors (Lipinski definition) is 3. The number of ether oxygens (including phenoxy) is 4. The Balaban J connectivity index is 1.48. The van der Waals surface area contributed by atoms with Gasteiger partial charge in [-0.1, -0.05) is 84.9 Å². The molecule has 294 valence electrons. The third kappa shape index (κ3) is 12.1. The van der Waals surface area contributed by atoms with Crippen molar-refractivity contribution in [3.8, 4) is 11.1 Å². The first-order valence-electron chi connectivity index (χ1n) is 18.3. The van der Waals surface area contributed by atoms with E-state index in [9.17, 15) is 29.1 Å². The van der Waals surface area contributed by atoms with Crippen molar-refractivity contribution in [2.45, 2.75) is 76.7 Å². The number of unbranched alkanes of at least 4 members (excludes halogenated alkanes) is 1. The minimum atomic E-state index is -1.44. The molecule has 13 nitrogen and oxygen atoms in total. The van der Waals surface area contributed by atoms with Crippen molar-refractivity contribution in [3.05, 3.63) is 108 Å². The van der Waals surface area contributed by atoms with Crippen LogP contribution in [0.4, 0.5) is 14.4 Å². The van der Waals surface area contributed by atoms with Gasteiger partial charge >= 0.3 is 30.2 Å². The van der Waals surface area contributed by atoms with E-state index >= 15 is 0 Å². The van der Waals surface area contributed by atoms with Crippen LogP contribution in [0.2, 0.25) is 0 Å². The minimum absolute atomic E-state index is 0.0111. The molecule has 0 unspecified atom stereocenters. The van der Waals surface area contributed by atoms with Gasteiger partial charge in [-0.3, -0.25) is 4.90 Å².